The fraction of sp³-hybridized carbons (Fsp3) is 0.750. The Balaban J connectivity index is 1.54. The van der Waals surface area contributed by atoms with Crippen LogP contribution in [-0.2, 0) is 23.7 Å². The predicted molar refractivity (Wildman–Crippen MR) is 133 cm³/mol. The lowest BCUT2D eigenvalue weighted by Crippen LogP contribution is -2.65. The van der Waals surface area contributed by atoms with E-state index in [4.69, 9.17) is 28.4 Å². The van der Waals surface area contributed by atoms with Gasteiger partial charge in [-0.15, -0.1) is 0 Å². The molecule has 0 unspecified atom stereocenters. The Morgan fingerprint density at radius 3 is 1.70 bits per heavy atom. The van der Waals surface area contributed by atoms with Crippen LogP contribution in [0.25, 0.3) is 0 Å². The molecule has 1 aromatic rings. The zero-order chi connectivity index (χ0) is 31.6. The first-order valence-corrected chi connectivity index (χ1v) is 13.2. The van der Waals surface area contributed by atoms with Crippen molar-refractivity contribution < 1.29 is 84.4 Å². The highest BCUT2D eigenvalue weighted by atomic mass is 16.7. The normalized spacial score (nSPS) is 43.7. The van der Waals surface area contributed by atoms with Gasteiger partial charge in [0.25, 0.3) is 5.69 Å². The average molecular weight is 626 g/mol. The van der Waals surface area contributed by atoms with Gasteiger partial charge in [-0.25, -0.2) is 0 Å². The highest BCUT2D eigenvalue weighted by Crippen LogP contribution is 2.32. The predicted octanol–water partition coefficient (Wildman–Crippen LogP) is -5.58. The zero-order valence-corrected chi connectivity index (χ0v) is 22.3. The maximum Gasteiger partial charge on any atom is 0.269 e. The fourth-order valence-corrected chi connectivity index (χ4v) is 4.81. The van der Waals surface area contributed by atoms with Gasteiger partial charge in [0, 0.05) is 12.1 Å². The number of non-ortho nitro benzene ring substituents is 1. The van der Waals surface area contributed by atoms with E-state index >= 15 is 0 Å². The minimum atomic E-state index is -1.90. The topological polar surface area (TPSA) is 301 Å². The van der Waals surface area contributed by atoms with E-state index in [-0.39, 0.29) is 11.4 Å². The van der Waals surface area contributed by atoms with Crippen molar-refractivity contribution in [1.29, 1.82) is 0 Å². The number of nitrogens with zero attached hydrogens (tertiary/aromatic N) is 1. The Kier molecular flexibility index (Phi) is 11.2. The van der Waals surface area contributed by atoms with Crippen molar-refractivity contribution in [2.75, 3.05) is 19.8 Å². The Bertz CT molecular complexity index is 1050. The average Bonchev–Trinajstić information content (AvgIpc) is 2.99. The summed E-state index contributed by atoms with van der Waals surface area (Å²) in [4.78, 5) is 10.3. The Morgan fingerprint density at radius 1 is 0.651 bits per heavy atom. The number of aliphatic hydroxyl groups is 10. The molecule has 19 heteroatoms. The molecule has 10 N–H and O–H groups in total. The van der Waals surface area contributed by atoms with Crippen LogP contribution in [0, 0.1) is 10.1 Å². The molecule has 0 saturated carbocycles. The Hall–Kier alpha value is -2.18. The van der Waals surface area contributed by atoms with Crippen LogP contribution in [0.2, 0.25) is 0 Å². The number of hydrogen-bond acceptors (Lipinski definition) is 18. The van der Waals surface area contributed by atoms with Gasteiger partial charge in [0.05, 0.1) is 24.7 Å². The summed E-state index contributed by atoms with van der Waals surface area (Å²) >= 11 is 0. The molecular formula is C24H35NO18. The van der Waals surface area contributed by atoms with Crippen molar-refractivity contribution in [3.63, 3.8) is 0 Å². The van der Waals surface area contributed by atoms with Crippen molar-refractivity contribution in [3.05, 3.63) is 34.4 Å². The van der Waals surface area contributed by atoms with Gasteiger partial charge in [-0.3, -0.25) is 10.1 Å². The maximum atomic E-state index is 11.1. The van der Waals surface area contributed by atoms with Gasteiger partial charge in [0.1, 0.15) is 79.0 Å². The van der Waals surface area contributed by atoms with E-state index in [9.17, 15) is 61.2 Å². The second-order valence-corrected chi connectivity index (χ2v) is 10.2. The monoisotopic (exact) mass is 625 g/mol. The van der Waals surface area contributed by atoms with Gasteiger partial charge in [-0.2, -0.15) is 0 Å². The van der Waals surface area contributed by atoms with Crippen LogP contribution in [0.3, 0.4) is 0 Å². The summed E-state index contributed by atoms with van der Waals surface area (Å²) in [6, 6.07) is 4.63. The molecule has 0 amide bonds. The summed E-state index contributed by atoms with van der Waals surface area (Å²) in [7, 11) is 0. The molecule has 3 aliphatic heterocycles. The summed E-state index contributed by atoms with van der Waals surface area (Å²) in [5.41, 5.74) is -0.262. The van der Waals surface area contributed by atoms with E-state index in [1.807, 2.05) is 0 Å². The van der Waals surface area contributed by atoms with Crippen molar-refractivity contribution >= 4 is 5.69 Å². The van der Waals surface area contributed by atoms with Crippen LogP contribution in [0.4, 0.5) is 5.69 Å². The third-order valence-corrected chi connectivity index (χ3v) is 7.35. The standard InChI is InChI=1S/C24H35NO18/c26-5-10-13(28)16(31)18(33)22(40-10)38-7-12-15(30)21(43-23-19(34)17(32)14(29)11(6-27)41-23)20(35)24(42-12)39-9-3-1-8(2-4-9)25(36)37/h1-4,10-24,26-35H,5-7H2/t10-,11-,12-,13-,14-,15-,16+,17+,18+,19+,20+,21+,22+,23-,24+/m1/s1. The van der Waals surface area contributed by atoms with Crippen molar-refractivity contribution in [3.8, 4) is 5.75 Å². The van der Waals surface area contributed by atoms with Crippen LogP contribution < -0.4 is 4.74 Å². The van der Waals surface area contributed by atoms with E-state index in [1.54, 1.807) is 0 Å². The van der Waals surface area contributed by atoms with Gasteiger partial charge in [0.2, 0.25) is 6.29 Å². The zero-order valence-electron chi connectivity index (χ0n) is 22.3. The van der Waals surface area contributed by atoms with E-state index < -0.39 is 117 Å². The largest absolute Gasteiger partial charge is 0.462 e. The number of benzene rings is 1. The van der Waals surface area contributed by atoms with E-state index in [2.05, 4.69) is 0 Å². The number of aliphatic hydroxyl groups excluding tert-OH is 10. The molecule has 0 aliphatic carbocycles. The molecule has 15 atom stereocenters. The van der Waals surface area contributed by atoms with Crippen LogP contribution >= 0.6 is 0 Å². The highest BCUT2D eigenvalue weighted by molar-refractivity contribution is 5.36. The molecule has 0 aromatic heterocycles. The lowest BCUT2D eigenvalue weighted by Gasteiger charge is -2.46. The van der Waals surface area contributed by atoms with Crippen molar-refractivity contribution in [2.24, 2.45) is 0 Å². The van der Waals surface area contributed by atoms with Gasteiger partial charge in [-0.1, -0.05) is 0 Å². The van der Waals surface area contributed by atoms with Crippen LogP contribution in [0.5, 0.6) is 5.75 Å². The molecule has 43 heavy (non-hydrogen) atoms. The van der Waals surface area contributed by atoms with Gasteiger partial charge in [-0.05, 0) is 12.1 Å². The second-order valence-electron chi connectivity index (χ2n) is 10.2. The first-order valence-electron chi connectivity index (χ1n) is 13.2. The quantitative estimate of drug-likeness (QED) is 0.0856. The van der Waals surface area contributed by atoms with Gasteiger partial charge in [0.15, 0.2) is 12.6 Å². The number of ether oxygens (including phenoxy) is 6. The number of rotatable bonds is 10. The molecule has 1 aromatic carbocycles. The van der Waals surface area contributed by atoms with Gasteiger partial charge >= 0.3 is 0 Å². The fourth-order valence-electron chi connectivity index (χ4n) is 4.81. The molecule has 4 rings (SSSR count). The molecule has 244 valence electrons. The Morgan fingerprint density at radius 2 is 1.16 bits per heavy atom. The number of nitro groups is 1. The maximum absolute atomic E-state index is 11.1. The number of hydrogen-bond donors (Lipinski definition) is 10. The van der Waals surface area contributed by atoms with Crippen LogP contribution in [0.1, 0.15) is 0 Å². The first-order chi connectivity index (χ1) is 20.4. The van der Waals surface area contributed by atoms with Crippen LogP contribution in [0.15, 0.2) is 24.3 Å². The molecular weight excluding hydrogens is 590 g/mol. The lowest BCUT2D eigenvalue weighted by molar-refractivity contribution is -0.384. The summed E-state index contributed by atoms with van der Waals surface area (Å²) < 4.78 is 32.9. The molecule has 3 fully saturated rings. The third kappa shape index (κ3) is 7.22. The molecule has 3 heterocycles. The summed E-state index contributed by atoms with van der Waals surface area (Å²) in [5.74, 6) is -0.0220. The highest BCUT2D eigenvalue weighted by Gasteiger charge is 2.52. The minimum absolute atomic E-state index is 0.0220. The lowest BCUT2D eigenvalue weighted by atomic mass is 9.96. The minimum Gasteiger partial charge on any atom is -0.462 e. The molecule has 3 aliphatic rings. The SMILES string of the molecule is O=[N+]([O-])c1ccc(O[C@H]2O[C@H](CO[C@H]3O[C@H](CO)[C@@H](O)[C@H](O)[C@@H]3O)[C@@H](O)[C@H](O[C@H]3O[C@H](CO)[C@@H](O)[C@H](O)[C@@H]3O)[C@@H]2O)cc1. The van der Waals surface area contributed by atoms with E-state index in [1.165, 1.54) is 12.1 Å². The summed E-state index contributed by atoms with van der Waals surface area (Å²) in [6.45, 7) is -2.17. The first kappa shape index (κ1) is 33.7. The molecule has 3 saturated heterocycles. The molecule has 0 bridgehead atoms. The summed E-state index contributed by atoms with van der Waals surface area (Å²) in [6.07, 6.45) is -25.4. The smallest absolute Gasteiger partial charge is 0.269 e. The van der Waals surface area contributed by atoms with Crippen molar-refractivity contribution in [2.45, 2.75) is 92.1 Å². The molecule has 0 radical (unpaired) electrons. The van der Waals surface area contributed by atoms with Gasteiger partial charge < -0.3 is 79.5 Å². The van der Waals surface area contributed by atoms with E-state index in [0.29, 0.717) is 0 Å². The molecule has 0 spiro atoms. The van der Waals surface area contributed by atoms with Crippen molar-refractivity contribution in [1.82, 2.24) is 0 Å². The Labute approximate surface area is 242 Å². The van der Waals surface area contributed by atoms with Crippen LogP contribution in [-0.4, -0.2) is 168 Å². The molecule has 19 nitrogen and oxygen atoms in total. The summed E-state index contributed by atoms with van der Waals surface area (Å²) in [5, 5.41) is 113. The number of nitro benzene ring substituents is 1. The third-order valence-electron chi connectivity index (χ3n) is 7.35. The van der Waals surface area contributed by atoms with E-state index in [0.717, 1.165) is 12.1 Å². The second kappa shape index (κ2) is 14.3.